The molecule has 0 fully saturated rings. The fraction of sp³-hybridized carbons (Fsp3) is 0.182. The van der Waals surface area contributed by atoms with E-state index in [2.05, 4.69) is 4.98 Å². The van der Waals surface area contributed by atoms with Gasteiger partial charge in [0.05, 0.1) is 11.9 Å². The number of ketones is 1. The summed E-state index contributed by atoms with van der Waals surface area (Å²) in [7, 11) is 0. The van der Waals surface area contributed by atoms with Gasteiger partial charge in [-0.2, -0.15) is 0 Å². The van der Waals surface area contributed by atoms with Crippen LogP contribution in [0.2, 0.25) is 0 Å². The molecule has 17 heavy (non-hydrogen) atoms. The quantitative estimate of drug-likeness (QED) is 0.774. The Kier molecular flexibility index (Phi) is 2.78. The number of nitrogens with one attached hydrogen (secondary N) is 1. The zero-order valence-corrected chi connectivity index (χ0v) is 8.73. The van der Waals surface area contributed by atoms with Gasteiger partial charge in [0.15, 0.2) is 11.4 Å². The SMILES string of the molecule is O=C(O)CCC(=O)c1ccc2[nH]c(=O)oc2c1. The average molecular weight is 235 g/mol. The Morgan fingerprint density at radius 3 is 2.76 bits per heavy atom. The van der Waals surface area contributed by atoms with Crippen LogP contribution in [-0.2, 0) is 4.79 Å². The first-order chi connectivity index (χ1) is 8.06. The molecule has 0 aliphatic rings. The Hall–Kier alpha value is -2.37. The minimum atomic E-state index is -1.02. The number of aromatic amines is 1. The summed E-state index contributed by atoms with van der Waals surface area (Å²) in [5.41, 5.74) is 1.13. The van der Waals surface area contributed by atoms with Crippen LogP contribution in [0.5, 0.6) is 0 Å². The van der Waals surface area contributed by atoms with Gasteiger partial charge >= 0.3 is 11.7 Å². The lowest BCUT2D eigenvalue weighted by Gasteiger charge is -1.98. The van der Waals surface area contributed by atoms with Crippen molar-refractivity contribution in [2.75, 3.05) is 0 Å². The predicted octanol–water partition coefficient (Wildman–Crippen LogP) is 1.17. The van der Waals surface area contributed by atoms with E-state index in [1.807, 2.05) is 0 Å². The Labute approximate surface area is 94.9 Å². The third kappa shape index (κ3) is 2.41. The van der Waals surface area contributed by atoms with E-state index in [0.717, 1.165) is 0 Å². The van der Waals surface area contributed by atoms with Crippen molar-refractivity contribution in [1.29, 1.82) is 0 Å². The van der Waals surface area contributed by atoms with Gasteiger partial charge in [0.2, 0.25) is 0 Å². The molecule has 0 bridgehead atoms. The van der Waals surface area contributed by atoms with Gasteiger partial charge in [-0.1, -0.05) is 0 Å². The number of carboxylic acid groups (broad SMARTS) is 1. The molecule has 0 spiro atoms. The number of carbonyl (C=O) groups is 2. The maximum Gasteiger partial charge on any atom is 0.417 e. The van der Waals surface area contributed by atoms with Crippen LogP contribution >= 0.6 is 0 Å². The summed E-state index contributed by atoms with van der Waals surface area (Å²) in [6, 6.07) is 4.50. The normalized spacial score (nSPS) is 10.6. The zero-order valence-electron chi connectivity index (χ0n) is 8.73. The predicted molar refractivity (Wildman–Crippen MR) is 58.0 cm³/mol. The van der Waals surface area contributed by atoms with Gasteiger partial charge in [0.1, 0.15) is 0 Å². The Balaban J connectivity index is 2.26. The molecule has 0 saturated heterocycles. The highest BCUT2D eigenvalue weighted by Crippen LogP contribution is 2.14. The summed E-state index contributed by atoms with van der Waals surface area (Å²) in [6.45, 7) is 0. The fourth-order valence-corrected chi connectivity index (χ4v) is 1.48. The van der Waals surface area contributed by atoms with Gasteiger partial charge in [-0.05, 0) is 18.2 Å². The highest BCUT2D eigenvalue weighted by molar-refractivity contribution is 5.99. The highest BCUT2D eigenvalue weighted by atomic mass is 16.4. The monoisotopic (exact) mass is 235 g/mol. The molecule has 1 aromatic carbocycles. The van der Waals surface area contributed by atoms with Crippen molar-refractivity contribution >= 4 is 22.9 Å². The van der Waals surface area contributed by atoms with Gasteiger partial charge in [0, 0.05) is 12.0 Å². The molecule has 0 amide bonds. The molecule has 6 heteroatoms. The molecule has 2 rings (SSSR count). The molecule has 0 radical (unpaired) electrons. The van der Waals surface area contributed by atoms with E-state index >= 15 is 0 Å². The summed E-state index contributed by atoms with van der Waals surface area (Å²) in [5.74, 6) is -1.90. The summed E-state index contributed by atoms with van der Waals surface area (Å²) in [4.78, 5) is 35.3. The Morgan fingerprint density at radius 1 is 1.29 bits per heavy atom. The summed E-state index contributed by atoms with van der Waals surface area (Å²) in [6.07, 6.45) is -0.288. The molecule has 2 N–H and O–H groups in total. The number of aromatic nitrogens is 1. The maximum absolute atomic E-state index is 11.6. The fourth-order valence-electron chi connectivity index (χ4n) is 1.48. The van der Waals surface area contributed by atoms with E-state index in [9.17, 15) is 14.4 Å². The summed E-state index contributed by atoms with van der Waals surface area (Å²) >= 11 is 0. The van der Waals surface area contributed by atoms with E-state index in [1.54, 1.807) is 6.07 Å². The van der Waals surface area contributed by atoms with Crippen molar-refractivity contribution in [2.24, 2.45) is 0 Å². The first-order valence-corrected chi connectivity index (χ1v) is 4.94. The summed E-state index contributed by atoms with van der Waals surface area (Å²) in [5, 5.41) is 8.47. The first kappa shape index (κ1) is 11.1. The van der Waals surface area contributed by atoms with E-state index < -0.39 is 11.7 Å². The van der Waals surface area contributed by atoms with Crippen LogP contribution in [0.3, 0.4) is 0 Å². The Morgan fingerprint density at radius 2 is 2.06 bits per heavy atom. The highest BCUT2D eigenvalue weighted by Gasteiger charge is 2.10. The number of fused-ring (bicyclic) bond motifs is 1. The standard InChI is InChI=1S/C11H9NO5/c13-8(3-4-10(14)15)6-1-2-7-9(5-6)17-11(16)12-7/h1-2,5H,3-4H2,(H,12,16)(H,14,15). The van der Waals surface area contributed by atoms with Gasteiger partial charge in [0.25, 0.3) is 0 Å². The van der Waals surface area contributed by atoms with E-state index in [0.29, 0.717) is 11.1 Å². The minimum absolute atomic E-state index is 0.0739. The molecule has 0 atom stereocenters. The van der Waals surface area contributed by atoms with E-state index in [1.165, 1.54) is 12.1 Å². The molecular weight excluding hydrogens is 226 g/mol. The van der Waals surface area contributed by atoms with Gasteiger partial charge < -0.3 is 9.52 Å². The molecule has 1 heterocycles. The average Bonchev–Trinajstić information content (AvgIpc) is 2.64. The third-order valence-corrected chi connectivity index (χ3v) is 2.31. The lowest BCUT2D eigenvalue weighted by atomic mass is 10.1. The van der Waals surface area contributed by atoms with E-state index in [-0.39, 0.29) is 24.2 Å². The number of rotatable bonds is 4. The van der Waals surface area contributed by atoms with Gasteiger partial charge in [-0.25, -0.2) is 4.79 Å². The van der Waals surface area contributed by atoms with Crippen molar-refractivity contribution in [3.05, 3.63) is 34.3 Å². The number of aliphatic carboxylic acids is 1. The van der Waals surface area contributed by atoms with Crippen molar-refractivity contribution in [3.8, 4) is 0 Å². The number of hydrogen-bond donors (Lipinski definition) is 2. The number of Topliss-reactive ketones (excluding diaryl/α,β-unsaturated/α-hetero) is 1. The molecule has 0 unspecified atom stereocenters. The number of carbonyl (C=O) groups excluding carboxylic acids is 1. The second-order valence-corrected chi connectivity index (χ2v) is 3.54. The van der Waals surface area contributed by atoms with Gasteiger partial charge in [-0.15, -0.1) is 0 Å². The number of oxazole rings is 1. The van der Waals surface area contributed by atoms with Crippen LogP contribution < -0.4 is 5.76 Å². The molecule has 88 valence electrons. The van der Waals surface area contributed by atoms with Crippen LogP contribution in [0.25, 0.3) is 11.1 Å². The van der Waals surface area contributed by atoms with Crippen LogP contribution in [0.1, 0.15) is 23.2 Å². The lowest BCUT2D eigenvalue weighted by molar-refractivity contribution is -0.136. The third-order valence-electron chi connectivity index (χ3n) is 2.31. The van der Waals surface area contributed by atoms with Crippen LogP contribution in [-0.4, -0.2) is 21.8 Å². The molecule has 0 saturated carbocycles. The van der Waals surface area contributed by atoms with Crippen LogP contribution in [0, 0.1) is 0 Å². The molecule has 2 aromatic rings. The maximum atomic E-state index is 11.6. The van der Waals surface area contributed by atoms with Crippen LogP contribution in [0.4, 0.5) is 0 Å². The molecule has 6 nitrogen and oxygen atoms in total. The minimum Gasteiger partial charge on any atom is -0.481 e. The molecule has 0 aliphatic heterocycles. The number of carboxylic acids is 1. The van der Waals surface area contributed by atoms with Gasteiger partial charge in [-0.3, -0.25) is 14.6 Å². The van der Waals surface area contributed by atoms with Crippen LogP contribution in [0.15, 0.2) is 27.4 Å². The Bertz CT molecular complexity index is 637. The zero-order chi connectivity index (χ0) is 12.4. The van der Waals surface area contributed by atoms with Crippen molar-refractivity contribution < 1.29 is 19.1 Å². The second-order valence-electron chi connectivity index (χ2n) is 3.54. The van der Waals surface area contributed by atoms with Crippen molar-refractivity contribution in [2.45, 2.75) is 12.8 Å². The lowest BCUT2D eigenvalue weighted by Crippen LogP contribution is -2.03. The van der Waals surface area contributed by atoms with Crippen molar-refractivity contribution in [3.63, 3.8) is 0 Å². The second kappa shape index (κ2) is 4.25. The van der Waals surface area contributed by atoms with E-state index in [4.69, 9.17) is 9.52 Å². The number of benzene rings is 1. The molecular formula is C11H9NO5. The topological polar surface area (TPSA) is 100 Å². The molecule has 0 aliphatic carbocycles. The largest absolute Gasteiger partial charge is 0.481 e. The first-order valence-electron chi connectivity index (χ1n) is 4.94. The smallest absolute Gasteiger partial charge is 0.417 e. The molecule has 1 aromatic heterocycles. The van der Waals surface area contributed by atoms with Crippen molar-refractivity contribution in [1.82, 2.24) is 4.98 Å². The number of H-pyrrole nitrogens is 1. The summed E-state index contributed by atoms with van der Waals surface area (Å²) < 4.78 is 4.80. The number of hydrogen-bond acceptors (Lipinski definition) is 4.